The third-order valence-electron chi connectivity index (χ3n) is 4.56. The van der Waals surface area contributed by atoms with Gasteiger partial charge in [-0.15, -0.1) is 0 Å². The molecule has 1 saturated heterocycles. The first-order chi connectivity index (χ1) is 13.1. The molecule has 0 aromatic heterocycles. The summed E-state index contributed by atoms with van der Waals surface area (Å²) in [5, 5.41) is 12.0. The van der Waals surface area contributed by atoms with E-state index in [-0.39, 0.29) is 11.8 Å². The van der Waals surface area contributed by atoms with Crippen LogP contribution in [0, 0.1) is 11.3 Å². The van der Waals surface area contributed by atoms with Gasteiger partial charge < -0.3 is 15.1 Å². The minimum Gasteiger partial charge on any atom is -0.327 e. The number of anilines is 1. The molecule has 1 fully saturated rings. The fraction of sp³-hybridized carbons (Fsp3) is 0.250. The van der Waals surface area contributed by atoms with Crippen LogP contribution in [0.3, 0.4) is 0 Å². The van der Waals surface area contributed by atoms with E-state index in [2.05, 4.69) is 5.32 Å². The Morgan fingerprint density at radius 2 is 1.85 bits per heavy atom. The van der Waals surface area contributed by atoms with Crippen LogP contribution < -0.4 is 10.2 Å². The Labute approximate surface area is 162 Å². The van der Waals surface area contributed by atoms with Gasteiger partial charge in [-0.3, -0.25) is 9.59 Å². The van der Waals surface area contributed by atoms with Crippen molar-refractivity contribution in [3.8, 4) is 6.07 Å². The summed E-state index contributed by atoms with van der Waals surface area (Å²) < 4.78 is 0. The molecule has 0 aliphatic carbocycles. The average molecular weight is 384 g/mol. The summed E-state index contributed by atoms with van der Waals surface area (Å²) >= 11 is 5.98. The highest BCUT2D eigenvalue weighted by Crippen LogP contribution is 2.19. The Bertz CT molecular complexity index is 871. The molecule has 27 heavy (non-hydrogen) atoms. The Morgan fingerprint density at radius 3 is 2.48 bits per heavy atom. The highest BCUT2D eigenvalue weighted by molar-refractivity contribution is 6.32. The Hall–Kier alpha value is -2.88. The van der Waals surface area contributed by atoms with E-state index in [9.17, 15) is 9.59 Å². The van der Waals surface area contributed by atoms with Crippen molar-refractivity contribution in [1.29, 1.82) is 5.26 Å². The molecule has 2 N–H and O–H groups in total. The van der Waals surface area contributed by atoms with Crippen LogP contribution >= 0.6 is 11.6 Å². The molecule has 7 heteroatoms. The summed E-state index contributed by atoms with van der Waals surface area (Å²) in [6, 6.07) is 16.0. The molecule has 2 aromatic carbocycles. The number of piperazine rings is 1. The molecular formula is C20H20ClN4O2+. The van der Waals surface area contributed by atoms with Gasteiger partial charge in [0.15, 0.2) is 6.54 Å². The van der Waals surface area contributed by atoms with Crippen molar-refractivity contribution in [2.45, 2.75) is 0 Å². The lowest BCUT2D eigenvalue weighted by Crippen LogP contribution is -3.15. The van der Waals surface area contributed by atoms with Crippen molar-refractivity contribution in [3.63, 3.8) is 0 Å². The number of hydrogen-bond donors (Lipinski definition) is 2. The standard InChI is InChI=1S/C20H19ClN4O2/c21-18-12-17(7-6-16(18)13-22)23-19(26)14-24-8-10-25(11-9-24)20(27)15-4-2-1-3-5-15/h1-7,12H,8-11,14H2,(H,23,26)/p+1. The molecule has 1 aliphatic heterocycles. The normalized spacial score (nSPS) is 14.4. The van der Waals surface area contributed by atoms with E-state index in [1.165, 1.54) is 0 Å². The predicted molar refractivity (Wildman–Crippen MR) is 103 cm³/mol. The molecule has 0 bridgehead atoms. The quantitative estimate of drug-likeness (QED) is 0.832. The minimum atomic E-state index is -0.117. The van der Waals surface area contributed by atoms with Crippen LogP contribution in [0.15, 0.2) is 48.5 Å². The summed E-state index contributed by atoms with van der Waals surface area (Å²) in [7, 11) is 0. The topological polar surface area (TPSA) is 77.6 Å². The van der Waals surface area contributed by atoms with Gasteiger partial charge >= 0.3 is 0 Å². The fourth-order valence-corrected chi connectivity index (χ4v) is 3.30. The van der Waals surface area contributed by atoms with Crippen molar-refractivity contribution in [2.75, 3.05) is 38.0 Å². The SMILES string of the molecule is N#Cc1ccc(NC(=O)C[NH+]2CCN(C(=O)c3ccccc3)CC2)cc1Cl. The van der Waals surface area contributed by atoms with E-state index in [1.807, 2.05) is 41.3 Å². The van der Waals surface area contributed by atoms with Gasteiger partial charge in [0.2, 0.25) is 0 Å². The van der Waals surface area contributed by atoms with Crippen molar-refractivity contribution in [3.05, 3.63) is 64.7 Å². The lowest BCUT2D eigenvalue weighted by Gasteiger charge is -2.32. The van der Waals surface area contributed by atoms with Crippen molar-refractivity contribution < 1.29 is 14.5 Å². The fourth-order valence-electron chi connectivity index (χ4n) is 3.08. The zero-order chi connectivity index (χ0) is 19.2. The predicted octanol–water partition coefficient (Wildman–Crippen LogP) is 1.19. The van der Waals surface area contributed by atoms with Gasteiger partial charge in [-0.1, -0.05) is 29.8 Å². The second-order valence-corrected chi connectivity index (χ2v) is 6.85. The minimum absolute atomic E-state index is 0.0336. The molecule has 3 rings (SSSR count). The second kappa shape index (κ2) is 8.67. The number of carbonyl (C=O) groups excluding carboxylic acids is 2. The molecule has 6 nitrogen and oxygen atoms in total. The molecule has 0 spiro atoms. The molecule has 2 aromatic rings. The van der Waals surface area contributed by atoms with Crippen LogP contribution in [0.1, 0.15) is 15.9 Å². The van der Waals surface area contributed by atoms with Crippen LogP contribution in [-0.2, 0) is 4.79 Å². The zero-order valence-corrected chi connectivity index (χ0v) is 15.5. The Kier molecular flexibility index (Phi) is 6.07. The van der Waals surface area contributed by atoms with Gasteiger partial charge in [-0.05, 0) is 30.3 Å². The average Bonchev–Trinajstić information content (AvgIpc) is 2.69. The number of carbonyl (C=O) groups is 2. The third kappa shape index (κ3) is 4.85. The van der Waals surface area contributed by atoms with Gasteiger partial charge in [0.25, 0.3) is 11.8 Å². The van der Waals surface area contributed by atoms with Crippen LogP contribution in [0.4, 0.5) is 5.69 Å². The van der Waals surface area contributed by atoms with Crippen molar-refractivity contribution >= 4 is 29.1 Å². The number of halogens is 1. The number of benzene rings is 2. The Balaban J connectivity index is 1.49. The molecule has 0 saturated carbocycles. The van der Waals surface area contributed by atoms with E-state index >= 15 is 0 Å². The monoisotopic (exact) mass is 383 g/mol. The molecule has 0 radical (unpaired) electrons. The maximum Gasteiger partial charge on any atom is 0.279 e. The molecule has 1 aliphatic rings. The first kappa shape index (κ1) is 18.9. The van der Waals surface area contributed by atoms with Crippen LogP contribution in [0.2, 0.25) is 5.02 Å². The smallest absolute Gasteiger partial charge is 0.279 e. The van der Waals surface area contributed by atoms with Gasteiger partial charge in [0, 0.05) is 11.3 Å². The number of nitrogens with one attached hydrogen (secondary N) is 2. The highest BCUT2D eigenvalue weighted by atomic mass is 35.5. The number of quaternary nitrogens is 1. The van der Waals surface area contributed by atoms with E-state index in [1.54, 1.807) is 18.2 Å². The summed E-state index contributed by atoms with van der Waals surface area (Å²) in [6.45, 7) is 3.02. The number of rotatable bonds is 4. The van der Waals surface area contributed by atoms with E-state index in [0.717, 1.165) is 18.0 Å². The summed E-state index contributed by atoms with van der Waals surface area (Å²) in [4.78, 5) is 27.7. The maximum atomic E-state index is 12.5. The van der Waals surface area contributed by atoms with Crippen LogP contribution in [-0.4, -0.2) is 49.4 Å². The van der Waals surface area contributed by atoms with E-state index < -0.39 is 0 Å². The molecular weight excluding hydrogens is 364 g/mol. The van der Waals surface area contributed by atoms with Crippen LogP contribution in [0.25, 0.3) is 0 Å². The van der Waals surface area contributed by atoms with Crippen molar-refractivity contribution in [2.24, 2.45) is 0 Å². The Morgan fingerprint density at radius 1 is 1.15 bits per heavy atom. The molecule has 138 valence electrons. The van der Waals surface area contributed by atoms with Gasteiger partial charge in [0.05, 0.1) is 36.8 Å². The summed E-state index contributed by atoms with van der Waals surface area (Å²) in [5.74, 6) is -0.0834. The molecule has 2 amide bonds. The van der Waals surface area contributed by atoms with Gasteiger partial charge in [-0.25, -0.2) is 0 Å². The van der Waals surface area contributed by atoms with Crippen LogP contribution in [0.5, 0.6) is 0 Å². The largest absolute Gasteiger partial charge is 0.327 e. The van der Waals surface area contributed by atoms with E-state index in [4.69, 9.17) is 16.9 Å². The maximum absolute atomic E-state index is 12.5. The summed E-state index contributed by atoms with van der Waals surface area (Å²) in [5.41, 5.74) is 1.64. The number of hydrogen-bond acceptors (Lipinski definition) is 3. The first-order valence-corrected chi connectivity index (χ1v) is 9.12. The second-order valence-electron chi connectivity index (χ2n) is 6.44. The van der Waals surface area contributed by atoms with E-state index in [0.29, 0.717) is 41.5 Å². The number of amides is 2. The van der Waals surface area contributed by atoms with Crippen molar-refractivity contribution in [1.82, 2.24) is 4.90 Å². The number of nitrogens with zero attached hydrogens (tertiary/aromatic N) is 2. The lowest BCUT2D eigenvalue weighted by molar-refractivity contribution is -0.895. The zero-order valence-electron chi connectivity index (χ0n) is 14.7. The summed E-state index contributed by atoms with van der Waals surface area (Å²) in [6.07, 6.45) is 0. The lowest BCUT2D eigenvalue weighted by atomic mass is 10.2. The third-order valence-corrected chi connectivity index (χ3v) is 4.88. The van der Waals surface area contributed by atoms with Gasteiger partial charge in [-0.2, -0.15) is 5.26 Å². The first-order valence-electron chi connectivity index (χ1n) is 8.74. The van der Waals surface area contributed by atoms with Gasteiger partial charge in [0.1, 0.15) is 6.07 Å². The molecule has 0 atom stereocenters. The molecule has 0 unspecified atom stereocenters. The molecule has 1 heterocycles. The number of nitriles is 1. The highest BCUT2D eigenvalue weighted by Gasteiger charge is 2.25.